The van der Waals surface area contributed by atoms with Crippen molar-refractivity contribution in [2.75, 3.05) is 57.4 Å². The molecule has 7 N–H and O–H groups in total. The summed E-state index contributed by atoms with van der Waals surface area (Å²) in [6, 6.07) is 0. The number of hydrogen-bond donors (Lipinski definition) is 6. The molecule has 0 aromatic rings. The van der Waals surface area contributed by atoms with Crippen LogP contribution in [0, 0.1) is 5.41 Å². The van der Waals surface area contributed by atoms with Gasteiger partial charge in [0.25, 0.3) is 0 Å². The summed E-state index contributed by atoms with van der Waals surface area (Å²) in [5.41, 5.74) is 5.37. The van der Waals surface area contributed by atoms with Crippen LogP contribution in [0.3, 0.4) is 0 Å². The summed E-state index contributed by atoms with van der Waals surface area (Å²) in [5.74, 6) is 0.686. The van der Waals surface area contributed by atoms with Crippen LogP contribution >= 0.6 is 11.8 Å². The first-order valence-electron chi connectivity index (χ1n) is 10.7. The van der Waals surface area contributed by atoms with Crippen molar-refractivity contribution in [3.63, 3.8) is 0 Å². The van der Waals surface area contributed by atoms with Crippen molar-refractivity contribution in [3.05, 3.63) is 0 Å². The summed E-state index contributed by atoms with van der Waals surface area (Å²) in [6.07, 6.45) is 0.654. The maximum absolute atomic E-state index is 11.8. The number of thioether (sulfide) groups is 1. The van der Waals surface area contributed by atoms with E-state index in [4.69, 9.17) is 10.6 Å². The van der Waals surface area contributed by atoms with Gasteiger partial charge in [-0.2, -0.15) is 11.8 Å². The van der Waals surface area contributed by atoms with Gasteiger partial charge in [0.15, 0.2) is 0 Å². The molecule has 0 fully saturated rings. The number of oxime groups is 1. The van der Waals surface area contributed by atoms with Gasteiger partial charge in [0, 0.05) is 36.4 Å². The Hall–Kier alpha value is -1.40. The van der Waals surface area contributed by atoms with Gasteiger partial charge in [0.1, 0.15) is 12.7 Å². The van der Waals surface area contributed by atoms with Crippen LogP contribution < -0.4 is 21.7 Å². The second-order valence-corrected chi connectivity index (χ2v) is 9.00. The highest BCUT2D eigenvalue weighted by atomic mass is 32.2. The van der Waals surface area contributed by atoms with E-state index in [1.807, 2.05) is 6.92 Å². The molecule has 0 unspecified atom stereocenters. The van der Waals surface area contributed by atoms with Crippen molar-refractivity contribution in [1.29, 1.82) is 0 Å². The molecule has 31 heavy (non-hydrogen) atoms. The fourth-order valence-corrected chi connectivity index (χ4v) is 2.94. The van der Waals surface area contributed by atoms with Gasteiger partial charge in [-0.15, -0.1) is 0 Å². The normalized spacial score (nSPS) is 13.0. The largest absolute Gasteiger partial charge is 0.396 e. The molecule has 0 bridgehead atoms. The van der Waals surface area contributed by atoms with E-state index in [0.29, 0.717) is 19.7 Å². The van der Waals surface area contributed by atoms with Crippen molar-refractivity contribution in [3.8, 4) is 0 Å². The third-order valence-electron chi connectivity index (χ3n) is 4.29. The molecule has 11 heteroatoms. The smallest absolute Gasteiger partial charge is 0.249 e. The molecule has 2 amide bonds. The minimum absolute atomic E-state index is 0.123. The second-order valence-electron chi connectivity index (χ2n) is 7.90. The van der Waals surface area contributed by atoms with Crippen LogP contribution in [-0.4, -0.2) is 91.3 Å². The Bertz CT molecular complexity index is 534. The third kappa shape index (κ3) is 16.0. The predicted octanol–water partition coefficient (Wildman–Crippen LogP) is -0.557. The predicted molar refractivity (Wildman–Crippen MR) is 125 cm³/mol. The highest BCUT2D eigenvalue weighted by Gasteiger charge is 2.32. The molecule has 1 atom stereocenters. The van der Waals surface area contributed by atoms with E-state index in [1.165, 1.54) is 0 Å². The van der Waals surface area contributed by atoms with E-state index in [1.54, 1.807) is 25.6 Å². The van der Waals surface area contributed by atoms with E-state index < -0.39 is 17.4 Å². The summed E-state index contributed by atoms with van der Waals surface area (Å²) >= 11 is 1.64. The van der Waals surface area contributed by atoms with Crippen LogP contribution in [0.2, 0.25) is 0 Å². The molecule has 0 aliphatic carbocycles. The molecule has 182 valence electrons. The molecule has 0 aromatic carbocycles. The molecule has 0 saturated carbocycles. The van der Waals surface area contributed by atoms with Crippen LogP contribution in [0.5, 0.6) is 0 Å². The number of amides is 2. The molecule has 10 nitrogen and oxygen atoms in total. The molecule has 0 rings (SSSR count). The van der Waals surface area contributed by atoms with E-state index in [9.17, 15) is 19.8 Å². The molecule has 0 aliphatic rings. The van der Waals surface area contributed by atoms with Crippen LogP contribution in [0.4, 0.5) is 0 Å². The molecule has 0 saturated heterocycles. The number of nitrogens with two attached hydrogens (primary N) is 1. The van der Waals surface area contributed by atoms with Crippen molar-refractivity contribution >= 4 is 29.3 Å². The Kier molecular flexibility index (Phi) is 17.4. The fraction of sp³-hybridized carbons (Fsp3) is 0.850. The first-order chi connectivity index (χ1) is 14.7. The van der Waals surface area contributed by atoms with Gasteiger partial charge in [-0.1, -0.05) is 19.0 Å². The van der Waals surface area contributed by atoms with E-state index in [0.717, 1.165) is 43.1 Å². The Morgan fingerprint density at radius 2 is 1.87 bits per heavy atom. The molecule has 0 heterocycles. The standard InChI is InChI=1S/C20H41N5O5S/c1-16(25-30-12-5-9-22-8-4-7-21)14-31-13-11-23-17(27)6-10-24-19(29)18(28)20(2,3)15-26/h18,22,26,28H,4-15,21H2,1-3H3,(H,23,27)(H,24,29)/b25-16+/t18-/m1/s1. The average Bonchev–Trinajstić information content (AvgIpc) is 2.74. The van der Waals surface area contributed by atoms with Crippen LogP contribution in [0.15, 0.2) is 5.16 Å². The fourth-order valence-electron chi connectivity index (χ4n) is 2.20. The SMILES string of the molecule is C/C(CSCCNC(=O)CCNC(=O)[C@@H](O)C(C)(C)CO)=N\OCCCNCCCN. The molecule has 0 spiro atoms. The lowest BCUT2D eigenvalue weighted by Gasteiger charge is -2.27. The van der Waals surface area contributed by atoms with Gasteiger partial charge >= 0.3 is 0 Å². The molecule has 0 radical (unpaired) electrons. The quantitative estimate of drug-likeness (QED) is 0.0845. The zero-order valence-corrected chi connectivity index (χ0v) is 19.9. The first-order valence-corrected chi connectivity index (χ1v) is 11.9. The van der Waals surface area contributed by atoms with E-state index >= 15 is 0 Å². The monoisotopic (exact) mass is 463 g/mol. The number of hydrogen-bond acceptors (Lipinski definition) is 9. The van der Waals surface area contributed by atoms with E-state index in [2.05, 4.69) is 21.1 Å². The topological polar surface area (TPSA) is 158 Å². The number of nitrogens with zero attached hydrogens (tertiary/aromatic N) is 1. The number of aliphatic hydroxyl groups excluding tert-OH is 2. The number of carbonyl (C=O) groups excluding carboxylic acids is 2. The van der Waals surface area contributed by atoms with Crippen molar-refractivity contribution in [2.24, 2.45) is 16.3 Å². The van der Waals surface area contributed by atoms with Gasteiger partial charge in [0.05, 0.1) is 12.3 Å². The van der Waals surface area contributed by atoms with Crippen LogP contribution in [-0.2, 0) is 14.4 Å². The highest BCUT2D eigenvalue weighted by molar-refractivity contribution is 7.99. The Morgan fingerprint density at radius 1 is 1.16 bits per heavy atom. The number of nitrogens with one attached hydrogen (secondary N) is 3. The van der Waals surface area contributed by atoms with E-state index in [-0.39, 0.29) is 25.5 Å². The minimum Gasteiger partial charge on any atom is -0.396 e. The minimum atomic E-state index is -1.33. The second kappa shape index (κ2) is 18.2. The summed E-state index contributed by atoms with van der Waals surface area (Å²) < 4.78 is 0. The number of carbonyl (C=O) groups is 2. The molecular weight excluding hydrogens is 422 g/mol. The van der Waals surface area contributed by atoms with Gasteiger partial charge < -0.3 is 36.7 Å². The maximum Gasteiger partial charge on any atom is 0.249 e. The van der Waals surface area contributed by atoms with Gasteiger partial charge in [-0.05, 0) is 39.4 Å². The molecular formula is C20H41N5O5S. The zero-order chi connectivity index (χ0) is 23.5. The Morgan fingerprint density at radius 3 is 2.55 bits per heavy atom. The third-order valence-corrected chi connectivity index (χ3v) is 5.41. The lowest BCUT2D eigenvalue weighted by molar-refractivity contribution is -0.137. The van der Waals surface area contributed by atoms with Gasteiger partial charge in [-0.25, -0.2) is 0 Å². The average molecular weight is 464 g/mol. The summed E-state index contributed by atoms with van der Waals surface area (Å²) in [4.78, 5) is 28.9. The van der Waals surface area contributed by atoms with Crippen LogP contribution in [0.1, 0.15) is 40.0 Å². The molecule has 0 aromatic heterocycles. The summed E-state index contributed by atoms with van der Waals surface area (Å²) in [5, 5.41) is 31.7. The maximum atomic E-state index is 11.8. The lowest BCUT2D eigenvalue weighted by atomic mass is 9.87. The lowest BCUT2D eigenvalue weighted by Crippen LogP contribution is -2.46. The first kappa shape index (κ1) is 29.6. The van der Waals surface area contributed by atoms with Crippen LogP contribution in [0.25, 0.3) is 0 Å². The Balaban J connectivity index is 3.69. The number of rotatable bonds is 19. The highest BCUT2D eigenvalue weighted by Crippen LogP contribution is 2.19. The van der Waals surface area contributed by atoms with Crippen molar-refractivity contribution in [1.82, 2.24) is 16.0 Å². The summed E-state index contributed by atoms with van der Waals surface area (Å²) in [7, 11) is 0. The van der Waals surface area contributed by atoms with Gasteiger partial charge in [0.2, 0.25) is 11.8 Å². The van der Waals surface area contributed by atoms with Crippen molar-refractivity contribution < 1.29 is 24.6 Å². The zero-order valence-electron chi connectivity index (χ0n) is 19.1. The Labute approximate surface area is 190 Å². The molecule has 0 aliphatic heterocycles. The van der Waals surface area contributed by atoms with Crippen molar-refractivity contribution in [2.45, 2.75) is 46.1 Å². The number of aliphatic hydroxyl groups is 2. The summed E-state index contributed by atoms with van der Waals surface area (Å²) in [6.45, 7) is 8.47. The van der Waals surface area contributed by atoms with Gasteiger partial charge in [-0.3, -0.25) is 9.59 Å².